The highest BCUT2D eigenvalue weighted by molar-refractivity contribution is 7.08. The van der Waals surface area contributed by atoms with Crippen molar-refractivity contribution in [2.75, 3.05) is 0 Å². The molecule has 120 valence electrons. The number of halogens is 2. The first-order valence-corrected chi connectivity index (χ1v) is 8.51. The predicted octanol–water partition coefficient (Wildman–Crippen LogP) is 3.86. The topological polar surface area (TPSA) is 73.8 Å². The summed E-state index contributed by atoms with van der Waals surface area (Å²) in [7, 11) is 0. The first kappa shape index (κ1) is 15.3. The van der Waals surface area contributed by atoms with E-state index in [0.29, 0.717) is 32.7 Å². The van der Waals surface area contributed by atoms with Crippen LogP contribution in [0.15, 0.2) is 44.6 Å². The van der Waals surface area contributed by atoms with Crippen molar-refractivity contribution < 1.29 is 4.52 Å². The van der Waals surface area contributed by atoms with Gasteiger partial charge in [0.2, 0.25) is 11.7 Å². The summed E-state index contributed by atoms with van der Waals surface area (Å²) < 4.78 is 6.59. The molecule has 0 aliphatic rings. The largest absolute Gasteiger partial charge is 0.337 e. The van der Waals surface area contributed by atoms with Crippen molar-refractivity contribution in [2.24, 2.45) is 0 Å². The minimum atomic E-state index is -0.278. The molecule has 0 saturated carbocycles. The van der Waals surface area contributed by atoms with Gasteiger partial charge in [-0.1, -0.05) is 28.4 Å². The van der Waals surface area contributed by atoms with Gasteiger partial charge in [-0.3, -0.25) is 9.36 Å². The molecule has 9 heteroatoms. The minimum absolute atomic E-state index is 0.114. The van der Waals surface area contributed by atoms with Crippen LogP contribution in [0.5, 0.6) is 0 Å². The van der Waals surface area contributed by atoms with Crippen LogP contribution in [-0.4, -0.2) is 19.7 Å². The van der Waals surface area contributed by atoms with E-state index in [1.807, 2.05) is 16.8 Å². The Kier molecular flexibility index (Phi) is 3.84. The third-order valence-corrected chi connectivity index (χ3v) is 4.59. The second kappa shape index (κ2) is 6.01. The smallest absolute Gasteiger partial charge is 0.261 e. The van der Waals surface area contributed by atoms with Crippen LogP contribution in [0.4, 0.5) is 0 Å². The van der Waals surface area contributed by atoms with Gasteiger partial charge in [0.1, 0.15) is 6.54 Å². The van der Waals surface area contributed by atoms with Gasteiger partial charge in [0.15, 0.2) is 0 Å². The van der Waals surface area contributed by atoms with Crippen LogP contribution in [0.25, 0.3) is 22.3 Å². The molecular formula is C15H8Cl2N4O2S. The summed E-state index contributed by atoms with van der Waals surface area (Å²) in [6.07, 6.45) is 1.40. The van der Waals surface area contributed by atoms with Crippen molar-refractivity contribution in [3.63, 3.8) is 0 Å². The fraction of sp³-hybridized carbons (Fsp3) is 0.0667. The molecule has 4 aromatic rings. The zero-order valence-electron chi connectivity index (χ0n) is 11.9. The van der Waals surface area contributed by atoms with E-state index in [0.717, 1.165) is 5.56 Å². The quantitative estimate of drug-likeness (QED) is 0.540. The molecule has 0 saturated heterocycles. The van der Waals surface area contributed by atoms with E-state index >= 15 is 0 Å². The third kappa shape index (κ3) is 2.71. The lowest BCUT2D eigenvalue weighted by Gasteiger charge is -2.05. The maximum Gasteiger partial charge on any atom is 0.261 e. The molecule has 0 radical (unpaired) electrons. The SMILES string of the molecule is O=c1c2cc(Cl)cc(Cl)c2ncn1Cc1nc(-c2ccsc2)no1. The van der Waals surface area contributed by atoms with E-state index in [1.54, 1.807) is 23.5 Å². The predicted molar refractivity (Wildman–Crippen MR) is 92.7 cm³/mol. The average molecular weight is 379 g/mol. The van der Waals surface area contributed by atoms with Crippen LogP contribution in [0, 0.1) is 0 Å². The lowest BCUT2D eigenvalue weighted by atomic mass is 10.2. The first-order valence-electron chi connectivity index (χ1n) is 6.81. The molecule has 4 rings (SSSR count). The Morgan fingerprint density at radius 1 is 1.29 bits per heavy atom. The summed E-state index contributed by atoms with van der Waals surface area (Å²) in [5.74, 6) is 0.798. The van der Waals surface area contributed by atoms with Gasteiger partial charge in [0.05, 0.1) is 22.3 Å². The molecule has 3 aromatic heterocycles. The van der Waals surface area contributed by atoms with Gasteiger partial charge < -0.3 is 4.52 Å². The molecule has 0 amide bonds. The number of hydrogen-bond donors (Lipinski definition) is 0. The maximum absolute atomic E-state index is 12.6. The summed E-state index contributed by atoms with van der Waals surface area (Å²) >= 11 is 13.6. The van der Waals surface area contributed by atoms with E-state index in [2.05, 4.69) is 15.1 Å². The van der Waals surface area contributed by atoms with E-state index < -0.39 is 0 Å². The molecule has 6 nitrogen and oxygen atoms in total. The van der Waals surface area contributed by atoms with Gasteiger partial charge in [0, 0.05) is 16.0 Å². The third-order valence-electron chi connectivity index (χ3n) is 3.40. The normalized spacial score (nSPS) is 11.2. The molecule has 24 heavy (non-hydrogen) atoms. The van der Waals surface area contributed by atoms with Crippen molar-refractivity contribution in [3.05, 3.63) is 61.6 Å². The molecule has 0 N–H and O–H groups in total. The molecular weight excluding hydrogens is 371 g/mol. The summed E-state index contributed by atoms with van der Waals surface area (Å²) in [5, 5.41) is 8.81. The van der Waals surface area contributed by atoms with Crippen molar-refractivity contribution in [2.45, 2.75) is 6.54 Å². The van der Waals surface area contributed by atoms with Crippen LogP contribution in [0.3, 0.4) is 0 Å². The van der Waals surface area contributed by atoms with Gasteiger partial charge in [-0.05, 0) is 23.6 Å². The number of benzene rings is 1. The standard InChI is InChI=1S/C15H8Cl2N4O2S/c16-9-3-10-13(11(17)4-9)18-7-21(15(10)22)5-12-19-14(20-23-12)8-1-2-24-6-8/h1-4,6-7H,5H2. The van der Waals surface area contributed by atoms with Crippen molar-refractivity contribution >= 4 is 45.4 Å². The fourth-order valence-electron chi connectivity index (χ4n) is 2.28. The molecule has 0 fully saturated rings. The summed E-state index contributed by atoms with van der Waals surface area (Å²) in [6.45, 7) is 0.114. The summed E-state index contributed by atoms with van der Waals surface area (Å²) in [5.41, 5.74) is 1.00. The minimum Gasteiger partial charge on any atom is -0.337 e. The molecule has 0 aliphatic carbocycles. The van der Waals surface area contributed by atoms with E-state index in [4.69, 9.17) is 27.7 Å². The fourth-order valence-corrected chi connectivity index (χ4v) is 3.46. The molecule has 0 atom stereocenters. The van der Waals surface area contributed by atoms with Crippen molar-refractivity contribution in [1.82, 2.24) is 19.7 Å². The van der Waals surface area contributed by atoms with Crippen molar-refractivity contribution in [3.8, 4) is 11.4 Å². The van der Waals surface area contributed by atoms with Gasteiger partial charge in [-0.25, -0.2) is 4.98 Å². The number of aromatic nitrogens is 4. The van der Waals surface area contributed by atoms with Crippen LogP contribution in [0.1, 0.15) is 5.89 Å². The van der Waals surface area contributed by atoms with Crippen LogP contribution in [0.2, 0.25) is 10.0 Å². The highest BCUT2D eigenvalue weighted by Gasteiger charge is 2.13. The number of hydrogen-bond acceptors (Lipinski definition) is 6. The Bertz CT molecular complexity index is 1090. The average Bonchev–Trinajstić information content (AvgIpc) is 3.21. The maximum atomic E-state index is 12.6. The first-order chi connectivity index (χ1) is 11.6. The zero-order valence-corrected chi connectivity index (χ0v) is 14.3. The van der Waals surface area contributed by atoms with Gasteiger partial charge in [-0.15, -0.1) is 0 Å². The number of rotatable bonds is 3. The van der Waals surface area contributed by atoms with E-state index in [9.17, 15) is 4.79 Å². The molecule has 3 heterocycles. The van der Waals surface area contributed by atoms with Gasteiger partial charge >= 0.3 is 0 Å². The van der Waals surface area contributed by atoms with Crippen LogP contribution in [-0.2, 0) is 6.54 Å². The lowest BCUT2D eigenvalue weighted by molar-refractivity contribution is 0.369. The Morgan fingerprint density at radius 2 is 2.17 bits per heavy atom. The van der Waals surface area contributed by atoms with E-state index in [1.165, 1.54) is 10.9 Å². The Balaban J connectivity index is 1.73. The zero-order chi connectivity index (χ0) is 16.7. The van der Waals surface area contributed by atoms with Crippen molar-refractivity contribution in [1.29, 1.82) is 0 Å². The van der Waals surface area contributed by atoms with Crippen LogP contribution >= 0.6 is 34.5 Å². The van der Waals surface area contributed by atoms with Crippen LogP contribution < -0.4 is 5.56 Å². The number of nitrogens with zero attached hydrogens (tertiary/aromatic N) is 4. The molecule has 0 unspecified atom stereocenters. The Morgan fingerprint density at radius 3 is 2.96 bits per heavy atom. The highest BCUT2D eigenvalue weighted by atomic mass is 35.5. The summed E-state index contributed by atoms with van der Waals surface area (Å²) in [4.78, 5) is 21.1. The number of fused-ring (bicyclic) bond motifs is 1. The second-order valence-corrected chi connectivity index (χ2v) is 6.61. The monoisotopic (exact) mass is 378 g/mol. The molecule has 0 spiro atoms. The van der Waals surface area contributed by atoms with Gasteiger partial charge in [-0.2, -0.15) is 16.3 Å². The molecule has 0 aliphatic heterocycles. The van der Waals surface area contributed by atoms with Gasteiger partial charge in [0.25, 0.3) is 5.56 Å². The molecule has 1 aromatic carbocycles. The summed E-state index contributed by atoms with van der Waals surface area (Å²) in [6, 6.07) is 4.99. The second-order valence-electron chi connectivity index (χ2n) is 4.99. The highest BCUT2D eigenvalue weighted by Crippen LogP contribution is 2.24. The van der Waals surface area contributed by atoms with E-state index in [-0.39, 0.29) is 12.1 Å². The molecule has 0 bridgehead atoms. The Hall–Kier alpha value is -2.22. The Labute approximate surface area is 149 Å². The number of thiophene rings is 1. The lowest BCUT2D eigenvalue weighted by Crippen LogP contribution is -2.21.